The molecule has 7 nitrogen and oxygen atoms in total. The van der Waals surface area contributed by atoms with Crippen LogP contribution < -0.4 is 14.4 Å². The fourth-order valence-corrected chi connectivity index (χ4v) is 4.85. The van der Waals surface area contributed by atoms with Gasteiger partial charge in [0.1, 0.15) is 16.5 Å². The van der Waals surface area contributed by atoms with Crippen molar-refractivity contribution >= 4 is 39.4 Å². The number of ether oxygens (including phenoxy) is 2. The van der Waals surface area contributed by atoms with Crippen LogP contribution in [0.4, 0.5) is 5.82 Å². The number of benzene rings is 1. The van der Waals surface area contributed by atoms with E-state index < -0.39 is 0 Å². The van der Waals surface area contributed by atoms with Crippen LogP contribution in [0.1, 0.15) is 23.2 Å². The van der Waals surface area contributed by atoms with Crippen LogP contribution in [0.3, 0.4) is 0 Å². The standard InChI is InChI=1S/C24H28N4O3S/c1-5-18-15-19-23(25-16(2)26-24(19)32-18)28-12-10-27(11-13-28)22(29)9-7-17-6-8-20(30-3)21(14-17)31-4/h6-9,14-15H,5,10-13H2,1-4H3/b9-7+. The molecule has 1 aliphatic rings. The molecule has 32 heavy (non-hydrogen) atoms. The first kappa shape index (κ1) is 22.1. The van der Waals surface area contributed by atoms with E-state index >= 15 is 0 Å². The van der Waals surface area contributed by atoms with E-state index in [1.165, 1.54) is 4.88 Å². The Morgan fingerprint density at radius 2 is 1.84 bits per heavy atom. The minimum absolute atomic E-state index is 0.00672. The Labute approximate surface area is 192 Å². The summed E-state index contributed by atoms with van der Waals surface area (Å²) < 4.78 is 10.6. The van der Waals surface area contributed by atoms with Gasteiger partial charge in [-0.1, -0.05) is 13.0 Å². The zero-order valence-electron chi connectivity index (χ0n) is 18.9. The summed E-state index contributed by atoms with van der Waals surface area (Å²) in [6.07, 6.45) is 4.43. The Bertz CT molecular complexity index is 1150. The Kier molecular flexibility index (Phi) is 6.60. The van der Waals surface area contributed by atoms with Gasteiger partial charge in [0.15, 0.2) is 11.5 Å². The number of aromatic nitrogens is 2. The number of hydrogen-bond donors (Lipinski definition) is 0. The van der Waals surface area contributed by atoms with Crippen LogP contribution in [0.15, 0.2) is 30.3 Å². The zero-order valence-corrected chi connectivity index (χ0v) is 19.7. The van der Waals surface area contributed by atoms with Crippen molar-refractivity contribution in [2.45, 2.75) is 20.3 Å². The summed E-state index contributed by atoms with van der Waals surface area (Å²) in [5.74, 6) is 3.08. The van der Waals surface area contributed by atoms with Crippen molar-refractivity contribution in [1.29, 1.82) is 0 Å². The van der Waals surface area contributed by atoms with Gasteiger partial charge in [-0.15, -0.1) is 11.3 Å². The van der Waals surface area contributed by atoms with Crippen molar-refractivity contribution in [3.8, 4) is 11.5 Å². The van der Waals surface area contributed by atoms with Crippen LogP contribution in [-0.4, -0.2) is 61.2 Å². The quantitative estimate of drug-likeness (QED) is 0.528. The summed E-state index contributed by atoms with van der Waals surface area (Å²) in [6, 6.07) is 7.80. The highest BCUT2D eigenvalue weighted by atomic mass is 32.1. The highest BCUT2D eigenvalue weighted by molar-refractivity contribution is 7.18. The van der Waals surface area contributed by atoms with E-state index in [1.807, 2.05) is 36.1 Å². The van der Waals surface area contributed by atoms with Gasteiger partial charge in [-0.05, 0) is 43.2 Å². The average Bonchev–Trinajstić information content (AvgIpc) is 3.25. The molecule has 1 amide bonds. The molecule has 3 aromatic rings. The maximum absolute atomic E-state index is 12.7. The Balaban J connectivity index is 1.43. The summed E-state index contributed by atoms with van der Waals surface area (Å²) in [5, 5.41) is 1.12. The largest absolute Gasteiger partial charge is 0.493 e. The predicted octanol–water partition coefficient (Wildman–Crippen LogP) is 3.94. The molecule has 0 atom stereocenters. The van der Waals surface area contributed by atoms with Crippen molar-refractivity contribution < 1.29 is 14.3 Å². The van der Waals surface area contributed by atoms with Crippen molar-refractivity contribution in [3.63, 3.8) is 0 Å². The van der Waals surface area contributed by atoms with Crippen LogP contribution in [0.25, 0.3) is 16.3 Å². The van der Waals surface area contributed by atoms with Crippen LogP contribution >= 0.6 is 11.3 Å². The van der Waals surface area contributed by atoms with E-state index in [4.69, 9.17) is 14.5 Å². The van der Waals surface area contributed by atoms with Crippen LogP contribution in [0, 0.1) is 6.92 Å². The molecule has 0 bridgehead atoms. The van der Waals surface area contributed by atoms with E-state index in [0.717, 1.165) is 46.9 Å². The number of aryl methyl sites for hydroxylation is 2. The van der Waals surface area contributed by atoms with Gasteiger partial charge in [0.2, 0.25) is 5.91 Å². The number of amides is 1. The molecule has 4 rings (SSSR count). The summed E-state index contributed by atoms with van der Waals surface area (Å²) >= 11 is 1.74. The molecular weight excluding hydrogens is 424 g/mol. The number of methoxy groups -OCH3 is 2. The first-order chi connectivity index (χ1) is 15.5. The highest BCUT2D eigenvalue weighted by Crippen LogP contribution is 2.32. The number of piperazine rings is 1. The number of rotatable bonds is 6. The van der Waals surface area contributed by atoms with Crippen molar-refractivity contribution in [2.75, 3.05) is 45.3 Å². The van der Waals surface area contributed by atoms with Crippen LogP contribution in [0.2, 0.25) is 0 Å². The van der Waals surface area contributed by atoms with E-state index in [1.54, 1.807) is 31.6 Å². The van der Waals surface area contributed by atoms with Crippen molar-refractivity contribution in [3.05, 3.63) is 46.6 Å². The molecule has 0 radical (unpaired) electrons. The molecule has 0 N–H and O–H groups in total. The van der Waals surface area contributed by atoms with Gasteiger partial charge in [-0.3, -0.25) is 4.79 Å². The third-order valence-corrected chi connectivity index (χ3v) is 6.77. The number of hydrogen-bond acceptors (Lipinski definition) is 7. The maximum Gasteiger partial charge on any atom is 0.246 e. The monoisotopic (exact) mass is 452 g/mol. The Morgan fingerprint density at radius 3 is 2.53 bits per heavy atom. The minimum atomic E-state index is 0.00672. The lowest BCUT2D eigenvalue weighted by molar-refractivity contribution is -0.126. The lowest BCUT2D eigenvalue weighted by Crippen LogP contribution is -2.48. The van der Waals surface area contributed by atoms with Crippen LogP contribution in [-0.2, 0) is 11.2 Å². The third-order valence-electron chi connectivity index (χ3n) is 5.60. The summed E-state index contributed by atoms with van der Waals surface area (Å²) in [7, 11) is 3.20. The molecule has 3 heterocycles. The van der Waals surface area contributed by atoms with Crippen molar-refractivity contribution in [1.82, 2.24) is 14.9 Å². The predicted molar refractivity (Wildman–Crippen MR) is 129 cm³/mol. The van der Waals surface area contributed by atoms with E-state index in [2.05, 4.69) is 22.9 Å². The van der Waals surface area contributed by atoms with Crippen molar-refractivity contribution in [2.24, 2.45) is 0 Å². The molecule has 2 aromatic heterocycles. The van der Waals surface area contributed by atoms with E-state index in [9.17, 15) is 4.79 Å². The number of fused-ring (bicyclic) bond motifs is 1. The van der Waals surface area contributed by atoms with E-state index in [-0.39, 0.29) is 5.91 Å². The maximum atomic E-state index is 12.7. The number of carbonyl (C=O) groups excluding carboxylic acids is 1. The number of carbonyl (C=O) groups is 1. The molecule has 1 aliphatic heterocycles. The van der Waals surface area contributed by atoms with Gasteiger partial charge in [0.25, 0.3) is 0 Å². The topological polar surface area (TPSA) is 67.8 Å². The van der Waals surface area contributed by atoms with Gasteiger partial charge in [-0.2, -0.15) is 0 Å². The lowest BCUT2D eigenvalue weighted by atomic mass is 10.2. The normalized spacial score (nSPS) is 14.4. The Morgan fingerprint density at radius 1 is 1.09 bits per heavy atom. The average molecular weight is 453 g/mol. The first-order valence-corrected chi connectivity index (χ1v) is 11.5. The fraction of sp³-hybridized carbons (Fsp3) is 0.375. The molecule has 1 fully saturated rings. The number of anilines is 1. The second kappa shape index (κ2) is 9.56. The van der Waals surface area contributed by atoms with Gasteiger partial charge in [0.05, 0.1) is 19.6 Å². The molecule has 1 aromatic carbocycles. The molecule has 168 valence electrons. The molecule has 0 aliphatic carbocycles. The second-order valence-corrected chi connectivity index (χ2v) is 8.75. The molecular formula is C24H28N4O3S. The second-order valence-electron chi connectivity index (χ2n) is 7.64. The smallest absolute Gasteiger partial charge is 0.246 e. The van der Waals surface area contributed by atoms with Gasteiger partial charge in [-0.25, -0.2) is 9.97 Å². The summed E-state index contributed by atoms with van der Waals surface area (Å²) in [4.78, 5) is 28.6. The Hall–Kier alpha value is -3.13. The van der Waals surface area contributed by atoms with Gasteiger partial charge in [0, 0.05) is 37.1 Å². The zero-order chi connectivity index (χ0) is 22.7. The number of thiophene rings is 1. The molecule has 0 unspecified atom stereocenters. The lowest BCUT2D eigenvalue weighted by Gasteiger charge is -2.35. The SMILES string of the molecule is CCc1cc2c(N3CCN(C(=O)/C=C/c4ccc(OC)c(OC)c4)CC3)nc(C)nc2s1. The summed E-state index contributed by atoms with van der Waals surface area (Å²) in [6.45, 7) is 6.91. The summed E-state index contributed by atoms with van der Waals surface area (Å²) in [5.41, 5.74) is 0.887. The van der Waals surface area contributed by atoms with Gasteiger partial charge < -0.3 is 19.3 Å². The molecule has 1 saturated heterocycles. The molecule has 8 heteroatoms. The molecule has 0 spiro atoms. The van der Waals surface area contributed by atoms with E-state index in [0.29, 0.717) is 24.6 Å². The minimum Gasteiger partial charge on any atom is -0.493 e. The first-order valence-electron chi connectivity index (χ1n) is 10.7. The third kappa shape index (κ3) is 4.55. The van der Waals surface area contributed by atoms with Gasteiger partial charge >= 0.3 is 0 Å². The molecule has 0 saturated carbocycles. The fourth-order valence-electron chi connectivity index (χ4n) is 3.84. The highest BCUT2D eigenvalue weighted by Gasteiger charge is 2.23. The van der Waals surface area contributed by atoms with Crippen LogP contribution in [0.5, 0.6) is 11.5 Å². The number of nitrogens with zero attached hydrogens (tertiary/aromatic N) is 4.